The van der Waals surface area contributed by atoms with Crippen LogP contribution < -0.4 is 10.1 Å². The molecule has 3 aromatic rings. The fraction of sp³-hybridized carbons (Fsp3) is 0.367. The summed E-state index contributed by atoms with van der Waals surface area (Å²) in [7, 11) is 5.82. The molecule has 0 saturated carbocycles. The number of allylic oxidation sites excluding steroid dienone is 1. The van der Waals surface area contributed by atoms with E-state index in [1.54, 1.807) is 7.11 Å². The van der Waals surface area contributed by atoms with E-state index in [0.29, 0.717) is 24.9 Å². The van der Waals surface area contributed by atoms with E-state index in [1.165, 1.54) is 24.7 Å². The third-order valence-electron chi connectivity index (χ3n) is 6.93. The van der Waals surface area contributed by atoms with E-state index >= 15 is 0 Å². The van der Waals surface area contributed by atoms with Crippen molar-refractivity contribution in [3.8, 4) is 5.75 Å². The van der Waals surface area contributed by atoms with Crippen molar-refractivity contribution in [3.05, 3.63) is 75.9 Å². The highest BCUT2D eigenvalue weighted by Crippen LogP contribution is 2.32. The van der Waals surface area contributed by atoms with Crippen LogP contribution in [-0.2, 0) is 29.1 Å². The predicted molar refractivity (Wildman–Crippen MR) is 158 cm³/mol. The van der Waals surface area contributed by atoms with Gasteiger partial charge in [0.2, 0.25) is 0 Å². The largest absolute Gasteiger partial charge is 0.496 e. The van der Waals surface area contributed by atoms with Crippen LogP contribution in [0.4, 0.5) is 0 Å². The maximum atomic E-state index is 13.4. The molecule has 3 heterocycles. The molecule has 0 unspecified atom stereocenters. The van der Waals surface area contributed by atoms with Crippen LogP contribution in [0.3, 0.4) is 0 Å². The number of aldehydes is 2. The Morgan fingerprint density at radius 1 is 1.26 bits per heavy atom. The lowest BCUT2D eigenvalue weighted by Crippen LogP contribution is -2.54. The summed E-state index contributed by atoms with van der Waals surface area (Å²) in [5.74, 6) is 0.868. The minimum atomic E-state index is -0.0133. The number of amides is 1. The molecule has 8 nitrogen and oxygen atoms in total. The Morgan fingerprint density at radius 2 is 1.97 bits per heavy atom. The Labute approximate surface area is 238 Å². The molecular formula is C30H37BrN4O4. The van der Waals surface area contributed by atoms with E-state index in [9.17, 15) is 9.59 Å². The number of aromatic nitrogens is 1. The van der Waals surface area contributed by atoms with E-state index in [-0.39, 0.29) is 12.5 Å². The number of hydrogen-bond donors (Lipinski definition) is 1. The quantitative estimate of drug-likeness (QED) is 0.342. The monoisotopic (exact) mass is 596 g/mol. The topological polar surface area (TPSA) is 83.9 Å². The molecule has 1 aromatic heterocycles. The van der Waals surface area contributed by atoms with Gasteiger partial charge in [0.1, 0.15) is 18.3 Å². The minimum Gasteiger partial charge on any atom is -0.496 e. The molecule has 1 N–H and O–H groups in total. The van der Waals surface area contributed by atoms with Gasteiger partial charge in [-0.1, -0.05) is 34.6 Å². The Balaban J connectivity index is 0.000000320. The third kappa shape index (κ3) is 7.23. The average molecular weight is 598 g/mol. The lowest BCUT2D eigenvalue weighted by Gasteiger charge is -2.35. The zero-order chi connectivity index (χ0) is 28.5. The molecule has 9 heteroatoms. The molecule has 1 amide bonds. The first kappa shape index (κ1) is 30.3. The maximum absolute atomic E-state index is 13.4. The molecule has 0 bridgehead atoms. The number of rotatable bonds is 6. The summed E-state index contributed by atoms with van der Waals surface area (Å²) < 4.78 is 8.24. The van der Waals surface area contributed by atoms with Crippen LogP contribution in [0.15, 0.2) is 53.7 Å². The van der Waals surface area contributed by atoms with Crippen LogP contribution in [0.1, 0.15) is 27.0 Å². The lowest BCUT2D eigenvalue weighted by molar-refractivity contribution is -0.108. The Bertz CT molecular complexity index is 1320. The van der Waals surface area contributed by atoms with E-state index in [2.05, 4.69) is 39.8 Å². The van der Waals surface area contributed by atoms with Crippen LogP contribution >= 0.6 is 15.9 Å². The van der Waals surface area contributed by atoms with E-state index in [1.807, 2.05) is 60.0 Å². The van der Waals surface area contributed by atoms with Gasteiger partial charge in [-0.2, -0.15) is 0 Å². The Kier molecular flexibility index (Phi) is 11.0. The van der Waals surface area contributed by atoms with Crippen LogP contribution in [-0.4, -0.2) is 79.7 Å². The number of methoxy groups -OCH3 is 1. The van der Waals surface area contributed by atoms with Crippen molar-refractivity contribution >= 4 is 45.3 Å². The number of carbonyl (C=O) groups excluding carboxylic acids is 3. The van der Waals surface area contributed by atoms with Gasteiger partial charge in [-0.15, -0.1) is 0 Å². The number of likely N-dealkylation sites (tertiary alicyclic amines) is 1. The van der Waals surface area contributed by atoms with Gasteiger partial charge in [-0.3, -0.25) is 9.59 Å². The molecule has 0 atom stereocenters. The van der Waals surface area contributed by atoms with Gasteiger partial charge < -0.3 is 29.2 Å². The molecule has 1 fully saturated rings. The molecule has 1 saturated heterocycles. The van der Waals surface area contributed by atoms with Crippen LogP contribution in [0, 0.1) is 6.92 Å². The predicted octanol–water partition coefficient (Wildman–Crippen LogP) is 4.01. The summed E-state index contributed by atoms with van der Waals surface area (Å²) in [6, 6.07) is 10.7. The van der Waals surface area contributed by atoms with Gasteiger partial charge in [0.05, 0.1) is 24.7 Å². The van der Waals surface area contributed by atoms with Gasteiger partial charge in [-0.25, -0.2) is 0 Å². The van der Waals surface area contributed by atoms with Gasteiger partial charge in [0, 0.05) is 53.8 Å². The number of carbonyl (C=O) groups is 3. The number of ether oxygens (including phenoxy) is 1. The zero-order valence-corrected chi connectivity index (χ0v) is 24.7. The third-order valence-corrected chi connectivity index (χ3v) is 7.39. The summed E-state index contributed by atoms with van der Waals surface area (Å²) in [6.45, 7) is 8.96. The second kappa shape index (κ2) is 14.2. The van der Waals surface area contributed by atoms with Gasteiger partial charge in [0.15, 0.2) is 0 Å². The standard InChI is InChI=1S/C22H21BrN2O3.C5H12N2.C3H4O/c1-14-10-16(23)11-18-19(13-24(8-9-26)21(14)18)22(27)25-7-6-17-15(12-25)4-3-5-20(17)28-2;1-6-5-3-7(2)4-5;1-2-3-4/h3-5,9-11,13H,6-8,12H2,1-2H3;5-6H,3-4H2,1-2H3;2-3H,1H2. The van der Waals surface area contributed by atoms with Crippen molar-refractivity contribution in [3.63, 3.8) is 0 Å². The lowest BCUT2D eigenvalue weighted by atomic mass is 9.98. The Hall–Kier alpha value is -3.27. The van der Waals surface area contributed by atoms with Crippen LogP contribution in [0.2, 0.25) is 0 Å². The number of likely N-dealkylation sites (N-methyl/N-ethyl adjacent to an activating group) is 2. The first-order valence-electron chi connectivity index (χ1n) is 12.9. The maximum Gasteiger partial charge on any atom is 0.256 e. The van der Waals surface area contributed by atoms with Gasteiger partial charge in [0.25, 0.3) is 5.91 Å². The second-order valence-corrected chi connectivity index (χ2v) is 10.5. The highest BCUT2D eigenvalue weighted by molar-refractivity contribution is 9.10. The summed E-state index contributed by atoms with van der Waals surface area (Å²) in [5.41, 5.74) is 4.88. The summed E-state index contributed by atoms with van der Waals surface area (Å²) in [6.07, 6.45) is 5.27. The van der Waals surface area contributed by atoms with Gasteiger partial charge in [-0.05, 0) is 62.8 Å². The van der Waals surface area contributed by atoms with Crippen LogP contribution in [0.5, 0.6) is 5.75 Å². The number of fused-ring (bicyclic) bond motifs is 2. The molecule has 0 spiro atoms. The Morgan fingerprint density at radius 3 is 2.54 bits per heavy atom. The number of hydrogen-bond acceptors (Lipinski definition) is 6. The minimum absolute atomic E-state index is 0.0133. The first-order chi connectivity index (χ1) is 18.8. The SMILES string of the molecule is C=CC=O.CNC1CN(C)C1.COc1cccc2c1CCN(C(=O)c1cn(CC=O)c3c(C)cc(Br)cc13)C2. The number of halogens is 1. The number of benzene rings is 2. The highest BCUT2D eigenvalue weighted by Gasteiger charge is 2.26. The van der Waals surface area contributed by atoms with Crippen molar-refractivity contribution in [2.24, 2.45) is 0 Å². The molecule has 2 aromatic carbocycles. The normalized spacial score (nSPS) is 14.6. The molecule has 208 valence electrons. The number of nitrogens with one attached hydrogen (secondary N) is 1. The van der Waals surface area contributed by atoms with E-state index in [0.717, 1.165) is 51.0 Å². The van der Waals surface area contributed by atoms with E-state index in [4.69, 9.17) is 9.53 Å². The fourth-order valence-electron chi connectivity index (χ4n) is 5.00. The zero-order valence-electron chi connectivity index (χ0n) is 23.1. The highest BCUT2D eigenvalue weighted by atomic mass is 79.9. The van der Waals surface area contributed by atoms with Crippen molar-refractivity contribution < 1.29 is 19.1 Å². The summed E-state index contributed by atoms with van der Waals surface area (Å²) in [4.78, 5) is 37.8. The molecule has 39 heavy (non-hydrogen) atoms. The van der Waals surface area contributed by atoms with Crippen molar-refractivity contribution in [2.45, 2.75) is 32.5 Å². The van der Waals surface area contributed by atoms with Crippen LogP contribution in [0.25, 0.3) is 10.9 Å². The number of nitrogens with zero attached hydrogens (tertiary/aromatic N) is 3. The molecule has 2 aliphatic rings. The average Bonchev–Trinajstić information content (AvgIpc) is 3.29. The molecule has 0 aliphatic carbocycles. The van der Waals surface area contributed by atoms with Gasteiger partial charge >= 0.3 is 0 Å². The molecule has 2 aliphatic heterocycles. The summed E-state index contributed by atoms with van der Waals surface area (Å²) >= 11 is 3.53. The number of aryl methyl sites for hydroxylation is 1. The van der Waals surface area contributed by atoms with Crippen molar-refractivity contribution in [2.75, 3.05) is 40.8 Å². The second-order valence-electron chi connectivity index (χ2n) is 9.63. The van der Waals surface area contributed by atoms with Crippen molar-refractivity contribution in [1.29, 1.82) is 0 Å². The van der Waals surface area contributed by atoms with Crippen molar-refractivity contribution in [1.82, 2.24) is 19.7 Å². The molecule has 5 rings (SSSR count). The molecule has 0 radical (unpaired) electrons. The van der Waals surface area contributed by atoms with E-state index < -0.39 is 0 Å². The summed E-state index contributed by atoms with van der Waals surface area (Å²) in [5, 5.41) is 4.06. The fourth-order valence-corrected chi connectivity index (χ4v) is 5.57. The smallest absolute Gasteiger partial charge is 0.256 e. The molecular weight excluding hydrogens is 560 g/mol. The first-order valence-corrected chi connectivity index (χ1v) is 13.7.